The minimum Gasteiger partial charge on any atom is -0.346 e. The van der Waals surface area contributed by atoms with Crippen molar-refractivity contribution in [2.24, 2.45) is 0 Å². The topological polar surface area (TPSA) is 80.2 Å². The molecule has 2 N–H and O–H groups in total. The Morgan fingerprint density at radius 1 is 0.882 bits per heavy atom. The molecule has 0 aliphatic heterocycles. The van der Waals surface area contributed by atoms with E-state index in [0.717, 1.165) is 11.1 Å². The van der Waals surface area contributed by atoms with Gasteiger partial charge in [-0.3, -0.25) is 19.0 Å². The van der Waals surface area contributed by atoms with Gasteiger partial charge in [-0.25, -0.2) is 0 Å². The van der Waals surface area contributed by atoms with E-state index in [-0.39, 0.29) is 29.5 Å². The number of aromatic nitrogens is 1. The van der Waals surface area contributed by atoms with E-state index in [1.807, 2.05) is 24.3 Å². The third-order valence-corrected chi connectivity index (χ3v) is 7.09. The number of nitrogens with one attached hydrogen (secondary N) is 2. The van der Waals surface area contributed by atoms with Gasteiger partial charge in [-0.1, -0.05) is 41.9 Å². The van der Waals surface area contributed by atoms with E-state index < -0.39 is 0 Å². The fourth-order valence-electron chi connectivity index (χ4n) is 4.22. The SMILES string of the molecule is O=C(N[C@H]1c2ccccc2CC1NC(=O)c1ccc(Cl)s1)c1ccc(-n2ccccc2=O)cc1. The molecule has 2 amide bonds. The van der Waals surface area contributed by atoms with Gasteiger partial charge in [0.25, 0.3) is 17.4 Å². The highest BCUT2D eigenvalue weighted by molar-refractivity contribution is 7.18. The molecule has 2 aromatic heterocycles. The Balaban J connectivity index is 1.36. The normalized spacial score (nSPS) is 16.6. The van der Waals surface area contributed by atoms with E-state index >= 15 is 0 Å². The van der Waals surface area contributed by atoms with Crippen LogP contribution in [-0.4, -0.2) is 22.4 Å². The highest BCUT2D eigenvalue weighted by Crippen LogP contribution is 2.32. The molecule has 0 saturated heterocycles. The molecule has 34 heavy (non-hydrogen) atoms. The van der Waals surface area contributed by atoms with Gasteiger partial charge in [0.15, 0.2) is 0 Å². The van der Waals surface area contributed by atoms with Crippen LogP contribution in [0.15, 0.2) is 89.9 Å². The molecule has 0 bridgehead atoms. The van der Waals surface area contributed by atoms with Crippen LogP contribution < -0.4 is 16.2 Å². The maximum Gasteiger partial charge on any atom is 0.261 e. The van der Waals surface area contributed by atoms with Gasteiger partial charge < -0.3 is 10.6 Å². The molecule has 1 aliphatic rings. The second kappa shape index (κ2) is 9.29. The number of rotatable bonds is 5. The first-order chi connectivity index (χ1) is 16.5. The van der Waals surface area contributed by atoms with Crippen LogP contribution in [0.25, 0.3) is 5.69 Å². The summed E-state index contributed by atoms with van der Waals surface area (Å²) < 4.78 is 2.06. The maximum atomic E-state index is 13.1. The number of carbonyl (C=O) groups is 2. The van der Waals surface area contributed by atoms with E-state index in [4.69, 9.17) is 11.6 Å². The number of hydrogen-bond acceptors (Lipinski definition) is 4. The lowest BCUT2D eigenvalue weighted by molar-refractivity contribution is 0.0890. The molecule has 0 radical (unpaired) electrons. The highest BCUT2D eigenvalue weighted by atomic mass is 35.5. The fourth-order valence-corrected chi connectivity index (χ4v) is 5.17. The molecule has 2 heterocycles. The molecule has 5 rings (SSSR count). The number of carbonyl (C=O) groups excluding carboxylic acids is 2. The average Bonchev–Trinajstić information content (AvgIpc) is 3.43. The zero-order valence-corrected chi connectivity index (χ0v) is 19.5. The van der Waals surface area contributed by atoms with Gasteiger partial charge in [-0.05, 0) is 60.0 Å². The van der Waals surface area contributed by atoms with Gasteiger partial charge in [0.2, 0.25) is 0 Å². The number of amides is 2. The predicted octanol–water partition coefficient (Wildman–Crippen LogP) is 4.38. The average molecular weight is 490 g/mol. The minimum atomic E-state index is -0.375. The van der Waals surface area contributed by atoms with Gasteiger partial charge in [0, 0.05) is 23.5 Å². The van der Waals surface area contributed by atoms with Crippen molar-refractivity contribution in [3.63, 3.8) is 0 Å². The zero-order chi connectivity index (χ0) is 23.7. The summed E-state index contributed by atoms with van der Waals surface area (Å²) in [7, 11) is 0. The van der Waals surface area contributed by atoms with E-state index in [2.05, 4.69) is 10.6 Å². The first-order valence-electron chi connectivity index (χ1n) is 10.7. The molecular formula is C26H20ClN3O3S. The third kappa shape index (κ3) is 4.40. The number of fused-ring (bicyclic) bond motifs is 1. The van der Waals surface area contributed by atoms with E-state index in [1.165, 1.54) is 22.0 Å². The Kier molecular flexibility index (Phi) is 6.04. The van der Waals surface area contributed by atoms with Crippen LogP contribution in [-0.2, 0) is 6.42 Å². The van der Waals surface area contributed by atoms with E-state index in [9.17, 15) is 14.4 Å². The second-order valence-corrected chi connectivity index (χ2v) is 9.71. The van der Waals surface area contributed by atoms with Crippen molar-refractivity contribution in [3.8, 4) is 5.69 Å². The third-order valence-electron chi connectivity index (χ3n) is 5.86. The maximum absolute atomic E-state index is 13.1. The molecule has 1 aliphatic carbocycles. The summed E-state index contributed by atoms with van der Waals surface area (Å²) in [5.41, 5.74) is 3.06. The van der Waals surface area contributed by atoms with Crippen LogP contribution in [0, 0.1) is 0 Å². The molecule has 170 valence electrons. The van der Waals surface area contributed by atoms with Crippen molar-refractivity contribution in [1.82, 2.24) is 15.2 Å². The number of hydrogen-bond donors (Lipinski definition) is 2. The number of thiophene rings is 1. The first-order valence-corrected chi connectivity index (χ1v) is 11.9. The number of benzene rings is 2. The van der Waals surface area contributed by atoms with Crippen LogP contribution in [0.5, 0.6) is 0 Å². The Morgan fingerprint density at radius 2 is 1.65 bits per heavy atom. The Bertz CT molecular complexity index is 1430. The molecule has 0 spiro atoms. The summed E-state index contributed by atoms with van der Waals surface area (Å²) in [4.78, 5) is 38.5. The Hall–Kier alpha value is -3.68. The van der Waals surface area contributed by atoms with Crippen LogP contribution in [0.4, 0.5) is 0 Å². The van der Waals surface area contributed by atoms with Crippen molar-refractivity contribution in [2.45, 2.75) is 18.5 Å². The van der Waals surface area contributed by atoms with Gasteiger partial charge in [0.1, 0.15) is 0 Å². The smallest absolute Gasteiger partial charge is 0.261 e. The van der Waals surface area contributed by atoms with Crippen molar-refractivity contribution >= 4 is 34.8 Å². The lowest BCUT2D eigenvalue weighted by Crippen LogP contribution is -2.44. The lowest BCUT2D eigenvalue weighted by Gasteiger charge is -2.23. The van der Waals surface area contributed by atoms with Crippen molar-refractivity contribution in [1.29, 1.82) is 0 Å². The second-order valence-electron chi connectivity index (χ2n) is 7.99. The van der Waals surface area contributed by atoms with Crippen LogP contribution in [0.3, 0.4) is 0 Å². The summed E-state index contributed by atoms with van der Waals surface area (Å²) in [6.07, 6.45) is 2.29. The summed E-state index contributed by atoms with van der Waals surface area (Å²) in [6, 6.07) is 22.4. The van der Waals surface area contributed by atoms with Gasteiger partial charge >= 0.3 is 0 Å². The zero-order valence-electron chi connectivity index (χ0n) is 17.9. The molecule has 2 atom stereocenters. The standard InChI is InChI=1S/C26H20ClN3O3S/c27-22-13-12-21(34-22)26(33)28-20-15-17-5-1-2-6-19(17)24(20)29-25(32)16-8-10-18(11-9-16)30-14-4-3-7-23(30)31/h1-14,20,24H,15H2,(H,28,33)(H,29,32)/t20?,24-/m0/s1. The van der Waals surface area contributed by atoms with Crippen molar-refractivity contribution in [2.75, 3.05) is 0 Å². The van der Waals surface area contributed by atoms with Crippen LogP contribution >= 0.6 is 22.9 Å². The predicted molar refractivity (Wildman–Crippen MR) is 133 cm³/mol. The largest absolute Gasteiger partial charge is 0.346 e. The van der Waals surface area contributed by atoms with Crippen LogP contribution in [0.2, 0.25) is 4.34 Å². The molecule has 1 unspecified atom stereocenters. The molecule has 6 nitrogen and oxygen atoms in total. The molecule has 4 aromatic rings. The molecule has 0 saturated carbocycles. The summed E-state index contributed by atoms with van der Waals surface area (Å²) in [5, 5.41) is 6.15. The van der Waals surface area contributed by atoms with Gasteiger partial charge in [-0.2, -0.15) is 0 Å². The molecule has 0 fully saturated rings. The fraction of sp³-hybridized carbons (Fsp3) is 0.115. The monoisotopic (exact) mass is 489 g/mol. The number of halogens is 1. The van der Waals surface area contributed by atoms with Crippen LogP contribution in [0.1, 0.15) is 37.2 Å². The molecule has 8 heteroatoms. The molecular weight excluding hydrogens is 470 g/mol. The van der Waals surface area contributed by atoms with Gasteiger partial charge in [0.05, 0.1) is 21.3 Å². The lowest BCUT2D eigenvalue weighted by atomic mass is 10.1. The summed E-state index contributed by atoms with van der Waals surface area (Å²) in [5.74, 6) is -0.473. The number of pyridine rings is 1. The van der Waals surface area contributed by atoms with Crippen molar-refractivity contribution in [3.05, 3.63) is 121 Å². The Labute approximate surface area is 204 Å². The van der Waals surface area contributed by atoms with Crippen molar-refractivity contribution < 1.29 is 9.59 Å². The summed E-state index contributed by atoms with van der Waals surface area (Å²) in [6.45, 7) is 0. The summed E-state index contributed by atoms with van der Waals surface area (Å²) >= 11 is 7.20. The highest BCUT2D eigenvalue weighted by Gasteiger charge is 2.35. The number of nitrogens with zero attached hydrogens (tertiary/aromatic N) is 1. The quantitative estimate of drug-likeness (QED) is 0.436. The Morgan fingerprint density at radius 3 is 2.38 bits per heavy atom. The minimum absolute atomic E-state index is 0.145. The first kappa shape index (κ1) is 22.1. The van der Waals surface area contributed by atoms with E-state index in [0.29, 0.717) is 26.9 Å². The molecule has 2 aromatic carbocycles. The van der Waals surface area contributed by atoms with Gasteiger partial charge in [-0.15, -0.1) is 11.3 Å². The van der Waals surface area contributed by atoms with E-state index in [1.54, 1.807) is 54.7 Å².